The maximum atomic E-state index is 12.7. The van der Waals surface area contributed by atoms with Gasteiger partial charge in [-0.2, -0.15) is 0 Å². The molecule has 0 spiro atoms. The second-order valence-corrected chi connectivity index (χ2v) is 8.46. The van der Waals surface area contributed by atoms with Crippen LogP contribution in [0.1, 0.15) is 34.7 Å². The van der Waals surface area contributed by atoms with E-state index in [-0.39, 0.29) is 5.91 Å². The van der Waals surface area contributed by atoms with E-state index in [1.807, 2.05) is 32.9 Å². The lowest BCUT2D eigenvalue weighted by molar-refractivity contribution is -0.111. The van der Waals surface area contributed by atoms with E-state index in [1.165, 1.54) is 11.1 Å². The molecule has 0 saturated heterocycles. The number of anilines is 1. The van der Waals surface area contributed by atoms with Crippen LogP contribution in [-0.2, 0) is 4.79 Å². The molecule has 5 nitrogen and oxygen atoms in total. The lowest BCUT2D eigenvalue weighted by Crippen LogP contribution is -2.10. The van der Waals surface area contributed by atoms with Gasteiger partial charge in [0.2, 0.25) is 5.91 Å². The number of fused-ring (bicyclic) bond motifs is 1. The van der Waals surface area contributed by atoms with Crippen molar-refractivity contribution in [3.05, 3.63) is 82.8 Å². The van der Waals surface area contributed by atoms with Crippen molar-refractivity contribution in [2.24, 2.45) is 0 Å². The van der Waals surface area contributed by atoms with Gasteiger partial charge in [-0.15, -0.1) is 0 Å². The topological polar surface area (TPSA) is 64.4 Å². The fourth-order valence-corrected chi connectivity index (χ4v) is 4.17. The van der Waals surface area contributed by atoms with Crippen LogP contribution in [0.5, 0.6) is 5.75 Å². The van der Waals surface area contributed by atoms with Crippen molar-refractivity contribution in [2.45, 2.75) is 34.6 Å². The molecule has 4 aromatic rings. The Labute approximate surface area is 194 Å². The van der Waals surface area contributed by atoms with Crippen molar-refractivity contribution < 1.29 is 13.9 Å². The van der Waals surface area contributed by atoms with Crippen LogP contribution in [0.25, 0.3) is 27.7 Å². The van der Waals surface area contributed by atoms with Gasteiger partial charge >= 0.3 is 0 Å². The van der Waals surface area contributed by atoms with E-state index in [1.54, 1.807) is 31.7 Å². The number of nitrogens with one attached hydrogen (secondary N) is 1. The van der Waals surface area contributed by atoms with Crippen LogP contribution in [0.2, 0.25) is 0 Å². The van der Waals surface area contributed by atoms with Gasteiger partial charge in [0.25, 0.3) is 0 Å². The summed E-state index contributed by atoms with van der Waals surface area (Å²) in [7, 11) is 1.63. The molecule has 0 aliphatic carbocycles. The van der Waals surface area contributed by atoms with Crippen molar-refractivity contribution in [1.29, 1.82) is 0 Å². The molecule has 0 atom stereocenters. The average molecular weight is 441 g/mol. The minimum absolute atomic E-state index is 0.245. The van der Waals surface area contributed by atoms with Crippen molar-refractivity contribution in [3.8, 4) is 16.9 Å². The van der Waals surface area contributed by atoms with Crippen LogP contribution in [0.3, 0.4) is 0 Å². The first-order valence-electron chi connectivity index (χ1n) is 10.9. The number of aromatic nitrogens is 1. The summed E-state index contributed by atoms with van der Waals surface area (Å²) in [5, 5.41) is 3.81. The third-order valence-electron chi connectivity index (χ3n) is 5.86. The van der Waals surface area contributed by atoms with E-state index in [4.69, 9.17) is 9.15 Å². The lowest BCUT2D eigenvalue weighted by Gasteiger charge is -2.14. The number of methoxy groups -OCH3 is 1. The number of ether oxygens (including phenoxy) is 1. The number of hydrogen-bond donors (Lipinski definition) is 1. The van der Waals surface area contributed by atoms with E-state index >= 15 is 0 Å². The molecule has 0 fully saturated rings. The second kappa shape index (κ2) is 8.94. The maximum absolute atomic E-state index is 12.7. The normalized spacial score (nSPS) is 11.6. The van der Waals surface area contributed by atoms with Gasteiger partial charge in [-0.25, -0.2) is 4.98 Å². The molecule has 5 heteroatoms. The molecule has 168 valence electrons. The summed E-state index contributed by atoms with van der Waals surface area (Å²) in [6.45, 7) is 10.0. The van der Waals surface area contributed by atoms with Crippen LogP contribution in [0.4, 0.5) is 5.82 Å². The molecule has 2 aromatic carbocycles. The molecule has 0 unspecified atom stereocenters. The van der Waals surface area contributed by atoms with E-state index in [2.05, 4.69) is 42.3 Å². The number of hydrogen-bond acceptors (Lipinski definition) is 4. The monoisotopic (exact) mass is 440 g/mol. The zero-order chi connectivity index (χ0) is 23.7. The number of allylic oxidation sites excluding steroid dienone is 1. The number of furan rings is 1. The molecule has 2 heterocycles. The number of nitrogens with zero attached hydrogens (tertiary/aromatic N) is 1. The number of pyridine rings is 1. The molecule has 2 aromatic heterocycles. The minimum Gasteiger partial charge on any atom is -0.496 e. The number of aryl methyl sites for hydroxylation is 4. The molecule has 1 N–H and O–H groups in total. The van der Waals surface area contributed by atoms with Crippen LogP contribution < -0.4 is 10.1 Å². The van der Waals surface area contributed by atoms with Gasteiger partial charge in [0.1, 0.15) is 17.2 Å². The van der Waals surface area contributed by atoms with Crippen molar-refractivity contribution >= 4 is 28.3 Å². The molecular weight excluding hydrogens is 412 g/mol. The summed E-state index contributed by atoms with van der Waals surface area (Å²) >= 11 is 0. The Hall–Kier alpha value is -3.86. The first-order valence-corrected chi connectivity index (χ1v) is 10.9. The predicted octanol–water partition coefficient (Wildman–Crippen LogP) is 6.78. The summed E-state index contributed by atoms with van der Waals surface area (Å²) < 4.78 is 11.7. The average Bonchev–Trinajstić information content (AvgIpc) is 3.19. The first-order chi connectivity index (χ1) is 15.8. The van der Waals surface area contributed by atoms with Crippen molar-refractivity contribution in [3.63, 3.8) is 0 Å². The highest BCUT2D eigenvalue weighted by Crippen LogP contribution is 2.41. The standard InChI is InChI=1S/C28H28N2O3/c1-16-7-9-21(18(3)11-16)24-15-33-28-20(5)27(32-6)22(13-23(24)28)19(4)12-26(31)30-25-10-8-17(2)14-29-25/h7-15H,1-6H3,(H,29,30,31)/b19-12+. The lowest BCUT2D eigenvalue weighted by atomic mass is 9.94. The van der Waals surface area contributed by atoms with E-state index < -0.39 is 0 Å². The van der Waals surface area contributed by atoms with Gasteiger partial charge in [0.05, 0.1) is 13.4 Å². The van der Waals surface area contributed by atoms with Gasteiger partial charge < -0.3 is 14.5 Å². The van der Waals surface area contributed by atoms with Gasteiger partial charge in [-0.1, -0.05) is 29.8 Å². The Morgan fingerprint density at radius 2 is 1.79 bits per heavy atom. The Kier molecular flexibility index (Phi) is 6.05. The molecule has 33 heavy (non-hydrogen) atoms. The number of carbonyl (C=O) groups excluding carboxylic acids is 1. The highest BCUT2D eigenvalue weighted by atomic mass is 16.5. The minimum atomic E-state index is -0.245. The molecule has 0 aliphatic heterocycles. The number of rotatable bonds is 5. The summed E-state index contributed by atoms with van der Waals surface area (Å²) in [6, 6.07) is 12.1. The van der Waals surface area contributed by atoms with Crippen LogP contribution >= 0.6 is 0 Å². The van der Waals surface area contributed by atoms with Gasteiger partial charge in [-0.3, -0.25) is 4.79 Å². The predicted molar refractivity (Wildman–Crippen MR) is 134 cm³/mol. The zero-order valence-corrected chi connectivity index (χ0v) is 19.9. The molecule has 0 aliphatic rings. The largest absolute Gasteiger partial charge is 0.496 e. The fourth-order valence-electron chi connectivity index (χ4n) is 4.17. The van der Waals surface area contributed by atoms with Crippen molar-refractivity contribution in [1.82, 2.24) is 4.98 Å². The highest BCUT2D eigenvalue weighted by Gasteiger charge is 2.19. The molecule has 4 rings (SSSR count). The van der Waals surface area contributed by atoms with Crippen LogP contribution in [-0.4, -0.2) is 18.0 Å². The van der Waals surface area contributed by atoms with Crippen molar-refractivity contribution in [2.75, 3.05) is 12.4 Å². The number of benzene rings is 2. The van der Waals surface area contributed by atoms with Gasteiger partial charge in [0.15, 0.2) is 0 Å². The van der Waals surface area contributed by atoms with E-state index in [0.717, 1.165) is 44.4 Å². The fraction of sp³-hybridized carbons (Fsp3) is 0.214. The Balaban J connectivity index is 1.78. The summed E-state index contributed by atoms with van der Waals surface area (Å²) in [4.78, 5) is 16.9. The van der Waals surface area contributed by atoms with E-state index in [0.29, 0.717) is 11.6 Å². The highest BCUT2D eigenvalue weighted by molar-refractivity contribution is 6.05. The molecule has 0 radical (unpaired) electrons. The number of amides is 1. The Bertz CT molecular complexity index is 1380. The SMILES string of the molecule is COc1c(/C(C)=C/C(=O)Nc2ccc(C)cn2)cc2c(-c3ccc(C)cc3C)coc2c1C. The Morgan fingerprint density at radius 1 is 1.03 bits per heavy atom. The van der Waals surface area contributed by atoms with Crippen LogP contribution in [0, 0.1) is 27.7 Å². The van der Waals surface area contributed by atoms with E-state index in [9.17, 15) is 4.79 Å². The first kappa shape index (κ1) is 22.3. The zero-order valence-electron chi connectivity index (χ0n) is 19.9. The summed E-state index contributed by atoms with van der Waals surface area (Å²) in [5.74, 6) is 0.963. The second-order valence-electron chi connectivity index (χ2n) is 8.46. The smallest absolute Gasteiger partial charge is 0.249 e. The number of carbonyl (C=O) groups is 1. The quantitative estimate of drug-likeness (QED) is 0.348. The summed E-state index contributed by atoms with van der Waals surface area (Å²) in [5.41, 5.74) is 8.90. The molecule has 1 amide bonds. The third-order valence-corrected chi connectivity index (χ3v) is 5.86. The Morgan fingerprint density at radius 3 is 2.45 bits per heavy atom. The summed E-state index contributed by atoms with van der Waals surface area (Å²) in [6.07, 6.45) is 5.09. The molecule has 0 bridgehead atoms. The van der Waals surface area contributed by atoms with Gasteiger partial charge in [-0.05, 0) is 69.0 Å². The molecule has 0 saturated carbocycles. The third kappa shape index (κ3) is 4.40. The van der Waals surface area contributed by atoms with Gasteiger partial charge in [0, 0.05) is 34.3 Å². The maximum Gasteiger partial charge on any atom is 0.249 e. The van der Waals surface area contributed by atoms with Crippen LogP contribution in [0.15, 0.2) is 59.4 Å². The molecular formula is C28H28N2O3.